The van der Waals surface area contributed by atoms with Crippen LogP contribution in [0.1, 0.15) is 5.56 Å². The second-order valence-electron chi connectivity index (χ2n) is 2.93. The molecule has 0 amide bonds. The summed E-state index contributed by atoms with van der Waals surface area (Å²) < 4.78 is 0. The van der Waals surface area contributed by atoms with E-state index in [1.165, 1.54) is 0 Å². The van der Waals surface area contributed by atoms with Crippen LogP contribution in [0.2, 0.25) is 0 Å². The molecule has 15 heavy (non-hydrogen) atoms. The Labute approximate surface area is 88.0 Å². The van der Waals surface area contributed by atoms with Crippen molar-refractivity contribution < 1.29 is 4.84 Å². The van der Waals surface area contributed by atoms with Gasteiger partial charge in [0.05, 0.1) is 12.4 Å². The SMILES string of the molecule is C(=NOc1cccnc1)c1ccccc1. The van der Waals surface area contributed by atoms with Crippen molar-refractivity contribution in [2.45, 2.75) is 0 Å². The van der Waals surface area contributed by atoms with E-state index in [1.807, 2.05) is 30.3 Å². The predicted octanol–water partition coefficient (Wildman–Crippen LogP) is 2.49. The largest absolute Gasteiger partial charge is 0.355 e. The highest BCUT2D eigenvalue weighted by atomic mass is 16.6. The normalized spacial score (nSPS) is 10.4. The van der Waals surface area contributed by atoms with Crippen LogP contribution in [0.5, 0.6) is 5.75 Å². The molecule has 0 radical (unpaired) electrons. The van der Waals surface area contributed by atoms with Gasteiger partial charge in [-0.2, -0.15) is 0 Å². The average molecular weight is 198 g/mol. The van der Waals surface area contributed by atoms with Gasteiger partial charge >= 0.3 is 0 Å². The molecule has 3 nitrogen and oxygen atoms in total. The van der Waals surface area contributed by atoms with Gasteiger partial charge in [-0.15, -0.1) is 0 Å². The number of nitrogens with zero attached hydrogens (tertiary/aromatic N) is 2. The van der Waals surface area contributed by atoms with Crippen molar-refractivity contribution in [1.29, 1.82) is 0 Å². The van der Waals surface area contributed by atoms with Gasteiger partial charge in [-0.1, -0.05) is 35.5 Å². The lowest BCUT2D eigenvalue weighted by Gasteiger charge is -1.95. The van der Waals surface area contributed by atoms with Gasteiger partial charge in [0.1, 0.15) is 0 Å². The second-order valence-corrected chi connectivity index (χ2v) is 2.93. The number of aromatic nitrogens is 1. The summed E-state index contributed by atoms with van der Waals surface area (Å²) >= 11 is 0. The minimum atomic E-state index is 0.629. The summed E-state index contributed by atoms with van der Waals surface area (Å²) in [7, 11) is 0. The summed E-state index contributed by atoms with van der Waals surface area (Å²) in [5, 5.41) is 3.85. The number of benzene rings is 1. The molecule has 3 heteroatoms. The summed E-state index contributed by atoms with van der Waals surface area (Å²) in [6.45, 7) is 0. The Kier molecular flexibility index (Phi) is 3.07. The van der Waals surface area contributed by atoms with Gasteiger partial charge in [0.25, 0.3) is 0 Å². The number of oxime groups is 1. The molecule has 0 aliphatic heterocycles. The van der Waals surface area contributed by atoms with E-state index in [9.17, 15) is 0 Å². The lowest BCUT2D eigenvalue weighted by atomic mass is 10.2. The summed E-state index contributed by atoms with van der Waals surface area (Å²) in [6.07, 6.45) is 4.96. The van der Waals surface area contributed by atoms with Crippen LogP contribution in [0, 0.1) is 0 Å². The fraction of sp³-hybridized carbons (Fsp3) is 0. The number of rotatable bonds is 3. The molecule has 0 aliphatic rings. The standard InChI is InChI=1S/C12H10N2O/c1-2-5-11(6-3-1)9-14-15-12-7-4-8-13-10-12/h1-10H. The molecule has 0 spiro atoms. The maximum absolute atomic E-state index is 5.12. The minimum Gasteiger partial charge on any atom is -0.355 e. The minimum absolute atomic E-state index is 0.629. The fourth-order valence-corrected chi connectivity index (χ4v) is 1.09. The van der Waals surface area contributed by atoms with Crippen LogP contribution in [-0.4, -0.2) is 11.2 Å². The number of hydrogen-bond donors (Lipinski definition) is 0. The van der Waals surface area contributed by atoms with E-state index in [0.717, 1.165) is 5.56 Å². The zero-order chi connectivity index (χ0) is 10.3. The maximum atomic E-state index is 5.12. The molecule has 0 unspecified atom stereocenters. The van der Waals surface area contributed by atoms with E-state index in [-0.39, 0.29) is 0 Å². The Balaban J connectivity index is 1.97. The van der Waals surface area contributed by atoms with Crippen molar-refractivity contribution in [1.82, 2.24) is 4.98 Å². The molecular formula is C12H10N2O. The van der Waals surface area contributed by atoms with Crippen molar-refractivity contribution in [3.05, 3.63) is 60.4 Å². The summed E-state index contributed by atoms with van der Waals surface area (Å²) in [6, 6.07) is 13.4. The maximum Gasteiger partial charge on any atom is 0.176 e. The van der Waals surface area contributed by atoms with Gasteiger partial charge < -0.3 is 4.84 Å². The first-order chi connectivity index (χ1) is 7.45. The number of hydrogen-bond acceptors (Lipinski definition) is 3. The second kappa shape index (κ2) is 4.91. The number of pyridine rings is 1. The van der Waals surface area contributed by atoms with Crippen molar-refractivity contribution >= 4 is 6.21 Å². The van der Waals surface area contributed by atoms with E-state index < -0.39 is 0 Å². The van der Waals surface area contributed by atoms with E-state index in [1.54, 1.807) is 30.7 Å². The van der Waals surface area contributed by atoms with Crippen LogP contribution >= 0.6 is 0 Å². The van der Waals surface area contributed by atoms with Gasteiger partial charge in [0.2, 0.25) is 0 Å². The van der Waals surface area contributed by atoms with E-state index in [2.05, 4.69) is 10.1 Å². The smallest absolute Gasteiger partial charge is 0.176 e. The molecule has 0 N–H and O–H groups in total. The molecule has 1 aromatic heterocycles. The summed E-state index contributed by atoms with van der Waals surface area (Å²) in [5.41, 5.74) is 1.00. The first-order valence-electron chi connectivity index (χ1n) is 4.60. The third-order valence-electron chi connectivity index (χ3n) is 1.79. The molecule has 0 saturated carbocycles. The van der Waals surface area contributed by atoms with Crippen molar-refractivity contribution in [2.24, 2.45) is 5.16 Å². The van der Waals surface area contributed by atoms with Crippen LogP contribution in [0.15, 0.2) is 60.0 Å². The van der Waals surface area contributed by atoms with E-state index in [0.29, 0.717) is 5.75 Å². The molecule has 2 aromatic rings. The first-order valence-corrected chi connectivity index (χ1v) is 4.60. The Hall–Kier alpha value is -2.16. The highest BCUT2D eigenvalue weighted by Gasteiger charge is 1.88. The van der Waals surface area contributed by atoms with Gasteiger partial charge in [-0.05, 0) is 17.7 Å². The third-order valence-corrected chi connectivity index (χ3v) is 1.79. The van der Waals surface area contributed by atoms with Gasteiger partial charge in [-0.3, -0.25) is 4.98 Å². The molecule has 2 rings (SSSR count). The molecule has 1 aromatic carbocycles. The van der Waals surface area contributed by atoms with Gasteiger partial charge in [0.15, 0.2) is 5.75 Å². The summed E-state index contributed by atoms with van der Waals surface area (Å²) in [5.74, 6) is 0.629. The van der Waals surface area contributed by atoms with Gasteiger partial charge in [-0.25, -0.2) is 0 Å². The molecular weight excluding hydrogens is 188 g/mol. The van der Waals surface area contributed by atoms with Crippen molar-refractivity contribution in [3.8, 4) is 5.75 Å². The Morgan fingerprint density at radius 3 is 2.67 bits per heavy atom. The van der Waals surface area contributed by atoms with Crippen LogP contribution in [-0.2, 0) is 0 Å². The highest BCUT2D eigenvalue weighted by molar-refractivity contribution is 5.78. The monoisotopic (exact) mass is 198 g/mol. The van der Waals surface area contributed by atoms with Crippen LogP contribution in [0.3, 0.4) is 0 Å². The van der Waals surface area contributed by atoms with Crippen LogP contribution in [0.4, 0.5) is 0 Å². The lowest BCUT2D eigenvalue weighted by Crippen LogP contribution is -1.86. The molecule has 74 valence electrons. The quantitative estimate of drug-likeness (QED) is 0.561. The lowest BCUT2D eigenvalue weighted by molar-refractivity contribution is 0.342. The Morgan fingerprint density at radius 2 is 1.93 bits per heavy atom. The summed E-state index contributed by atoms with van der Waals surface area (Å²) in [4.78, 5) is 9.03. The molecule has 0 atom stereocenters. The Morgan fingerprint density at radius 1 is 1.07 bits per heavy atom. The van der Waals surface area contributed by atoms with E-state index in [4.69, 9.17) is 4.84 Å². The average Bonchev–Trinajstić information content (AvgIpc) is 2.32. The molecule has 0 saturated heterocycles. The Bertz CT molecular complexity index is 426. The van der Waals surface area contributed by atoms with Crippen LogP contribution in [0.25, 0.3) is 0 Å². The van der Waals surface area contributed by atoms with Crippen molar-refractivity contribution in [2.75, 3.05) is 0 Å². The first kappa shape index (κ1) is 9.40. The van der Waals surface area contributed by atoms with Crippen LogP contribution < -0.4 is 4.84 Å². The fourth-order valence-electron chi connectivity index (χ4n) is 1.09. The topological polar surface area (TPSA) is 34.5 Å². The predicted molar refractivity (Wildman–Crippen MR) is 58.9 cm³/mol. The third kappa shape index (κ3) is 2.91. The van der Waals surface area contributed by atoms with E-state index >= 15 is 0 Å². The van der Waals surface area contributed by atoms with Gasteiger partial charge in [0, 0.05) is 6.20 Å². The molecule has 0 aliphatic carbocycles. The zero-order valence-electron chi connectivity index (χ0n) is 8.08. The van der Waals surface area contributed by atoms with Crippen molar-refractivity contribution in [3.63, 3.8) is 0 Å². The molecule has 0 bridgehead atoms. The highest BCUT2D eigenvalue weighted by Crippen LogP contribution is 2.06. The zero-order valence-corrected chi connectivity index (χ0v) is 8.08. The molecule has 1 heterocycles. The molecule has 0 fully saturated rings.